The summed E-state index contributed by atoms with van der Waals surface area (Å²) in [6.07, 6.45) is 1.81. The minimum atomic E-state index is 0.176. The molecule has 0 aromatic carbocycles. The number of hydrogen-bond donors (Lipinski definition) is 1. The number of aromatic nitrogens is 2. The first-order valence-corrected chi connectivity index (χ1v) is 5.98. The first-order valence-electron chi connectivity index (χ1n) is 5.54. The van der Waals surface area contributed by atoms with Crippen molar-refractivity contribution < 1.29 is 9.47 Å². The van der Waals surface area contributed by atoms with Crippen LogP contribution < -0.4 is 14.8 Å². The summed E-state index contributed by atoms with van der Waals surface area (Å²) in [4.78, 5) is 8.31. The molecular weight excluding hydrogens is 242 g/mol. The lowest BCUT2D eigenvalue weighted by Crippen LogP contribution is -2.11. The molecule has 0 amide bonds. The van der Waals surface area contributed by atoms with E-state index in [1.807, 2.05) is 0 Å². The summed E-state index contributed by atoms with van der Waals surface area (Å²) in [7, 11) is 3.11. The van der Waals surface area contributed by atoms with Gasteiger partial charge in [-0.05, 0) is 12.8 Å². The highest BCUT2D eigenvalue weighted by Crippen LogP contribution is 2.17. The minimum Gasteiger partial charge on any atom is -0.481 e. The maximum absolute atomic E-state index is 6.02. The molecule has 0 aliphatic rings. The average Bonchev–Trinajstić information content (AvgIpc) is 2.37. The van der Waals surface area contributed by atoms with Crippen molar-refractivity contribution in [2.24, 2.45) is 0 Å². The van der Waals surface area contributed by atoms with E-state index >= 15 is 0 Å². The van der Waals surface area contributed by atoms with E-state index in [0.29, 0.717) is 17.7 Å². The molecule has 17 heavy (non-hydrogen) atoms. The van der Waals surface area contributed by atoms with Gasteiger partial charge in [0.25, 0.3) is 0 Å². The number of alkyl halides is 1. The molecule has 1 atom stereocenters. The van der Waals surface area contributed by atoms with Crippen LogP contribution in [0.25, 0.3) is 0 Å². The number of halogens is 1. The average molecular weight is 260 g/mol. The van der Waals surface area contributed by atoms with Gasteiger partial charge in [0.1, 0.15) is 0 Å². The molecule has 1 heterocycles. The number of rotatable bonds is 7. The first-order chi connectivity index (χ1) is 8.19. The predicted molar refractivity (Wildman–Crippen MR) is 68.2 cm³/mol. The number of ether oxygens (including phenoxy) is 2. The van der Waals surface area contributed by atoms with Gasteiger partial charge < -0.3 is 14.8 Å². The van der Waals surface area contributed by atoms with Gasteiger partial charge in [0.05, 0.1) is 20.3 Å². The maximum Gasteiger partial charge on any atom is 0.229 e. The summed E-state index contributed by atoms with van der Waals surface area (Å²) in [6.45, 7) is 2.78. The fourth-order valence-corrected chi connectivity index (χ4v) is 1.35. The molecule has 0 fully saturated rings. The first kappa shape index (κ1) is 13.8. The van der Waals surface area contributed by atoms with E-state index in [1.54, 1.807) is 20.3 Å². The highest BCUT2D eigenvalue weighted by molar-refractivity contribution is 6.20. The molecule has 0 spiro atoms. The van der Waals surface area contributed by atoms with Crippen molar-refractivity contribution in [2.75, 3.05) is 26.1 Å². The molecule has 0 saturated heterocycles. The monoisotopic (exact) mass is 259 g/mol. The van der Waals surface area contributed by atoms with Gasteiger partial charge in [0.15, 0.2) is 0 Å². The van der Waals surface area contributed by atoms with Crippen LogP contribution in [0.15, 0.2) is 6.07 Å². The molecule has 5 nitrogen and oxygen atoms in total. The number of nitrogens with zero attached hydrogens (tertiary/aromatic N) is 2. The van der Waals surface area contributed by atoms with Gasteiger partial charge >= 0.3 is 0 Å². The summed E-state index contributed by atoms with van der Waals surface area (Å²) in [5, 5.41) is 3.27. The molecule has 1 unspecified atom stereocenters. The molecule has 1 rings (SSSR count). The minimum absolute atomic E-state index is 0.176. The summed E-state index contributed by atoms with van der Waals surface area (Å²) in [5.74, 6) is 1.43. The second-order valence-electron chi connectivity index (χ2n) is 3.50. The topological polar surface area (TPSA) is 56.3 Å². The van der Waals surface area contributed by atoms with E-state index < -0.39 is 0 Å². The summed E-state index contributed by atoms with van der Waals surface area (Å²) in [6, 6.07) is 1.63. The van der Waals surface area contributed by atoms with Crippen molar-refractivity contribution >= 4 is 17.5 Å². The molecular formula is C11H18ClN3O2. The number of nitrogens with one attached hydrogen (secondary N) is 1. The SMILES string of the molecule is CCC(Cl)CCNc1nc(OC)cc(OC)n1. The molecule has 1 aromatic heterocycles. The quantitative estimate of drug-likeness (QED) is 0.762. The van der Waals surface area contributed by atoms with Gasteiger partial charge in [0.2, 0.25) is 17.7 Å². The van der Waals surface area contributed by atoms with Crippen molar-refractivity contribution in [1.29, 1.82) is 0 Å². The number of hydrogen-bond acceptors (Lipinski definition) is 5. The molecule has 0 aliphatic heterocycles. The number of methoxy groups -OCH3 is 2. The van der Waals surface area contributed by atoms with Crippen LogP contribution in [0.4, 0.5) is 5.95 Å². The normalized spacial score (nSPS) is 12.0. The van der Waals surface area contributed by atoms with E-state index in [-0.39, 0.29) is 5.38 Å². The van der Waals surface area contributed by atoms with E-state index in [9.17, 15) is 0 Å². The smallest absolute Gasteiger partial charge is 0.229 e. The van der Waals surface area contributed by atoms with Gasteiger partial charge in [-0.15, -0.1) is 11.6 Å². The third kappa shape index (κ3) is 4.65. The van der Waals surface area contributed by atoms with Crippen molar-refractivity contribution in [1.82, 2.24) is 9.97 Å². The molecule has 0 saturated carbocycles. The lowest BCUT2D eigenvalue weighted by molar-refractivity contribution is 0.373. The Morgan fingerprint density at radius 1 is 1.29 bits per heavy atom. The molecule has 0 bridgehead atoms. The van der Waals surface area contributed by atoms with E-state index in [2.05, 4.69) is 22.2 Å². The van der Waals surface area contributed by atoms with Crippen LogP contribution in [0.2, 0.25) is 0 Å². The second-order valence-corrected chi connectivity index (χ2v) is 4.11. The second kappa shape index (κ2) is 7.17. The Morgan fingerprint density at radius 2 is 1.88 bits per heavy atom. The predicted octanol–water partition coefficient (Wildman–Crippen LogP) is 2.31. The van der Waals surface area contributed by atoms with Crippen LogP contribution in [0.3, 0.4) is 0 Å². The van der Waals surface area contributed by atoms with Gasteiger partial charge in [-0.2, -0.15) is 9.97 Å². The highest BCUT2D eigenvalue weighted by atomic mass is 35.5. The van der Waals surface area contributed by atoms with Crippen molar-refractivity contribution in [3.63, 3.8) is 0 Å². The van der Waals surface area contributed by atoms with Crippen molar-refractivity contribution in [3.05, 3.63) is 6.07 Å². The van der Waals surface area contributed by atoms with Crippen LogP contribution in [-0.4, -0.2) is 36.1 Å². The zero-order chi connectivity index (χ0) is 12.7. The fraction of sp³-hybridized carbons (Fsp3) is 0.636. The Bertz CT molecular complexity index is 327. The van der Waals surface area contributed by atoms with Crippen LogP contribution in [0, 0.1) is 0 Å². The van der Waals surface area contributed by atoms with Gasteiger partial charge in [-0.3, -0.25) is 0 Å². The lowest BCUT2D eigenvalue weighted by Gasteiger charge is -2.09. The Balaban J connectivity index is 2.57. The van der Waals surface area contributed by atoms with E-state index in [4.69, 9.17) is 21.1 Å². The molecule has 1 N–H and O–H groups in total. The largest absolute Gasteiger partial charge is 0.481 e. The summed E-state index contributed by atoms with van der Waals surface area (Å²) < 4.78 is 10.1. The van der Waals surface area contributed by atoms with Crippen LogP contribution >= 0.6 is 11.6 Å². The van der Waals surface area contributed by atoms with Gasteiger partial charge in [-0.1, -0.05) is 6.92 Å². The van der Waals surface area contributed by atoms with Crippen LogP contribution in [-0.2, 0) is 0 Å². The van der Waals surface area contributed by atoms with Crippen LogP contribution in [0.5, 0.6) is 11.8 Å². The molecule has 6 heteroatoms. The van der Waals surface area contributed by atoms with Crippen LogP contribution in [0.1, 0.15) is 19.8 Å². The zero-order valence-electron chi connectivity index (χ0n) is 10.4. The molecule has 0 aliphatic carbocycles. The van der Waals surface area contributed by atoms with E-state index in [0.717, 1.165) is 19.4 Å². The standard InChI is InChI=1S/C11H18ClN3O2/c1-4-8(12)5-6-13-11-14-9(16-2)7-10(15-11)17-3/h7-8H,4-6H2,1-3H3,(H,13,14,15). The van der Waals surface area contributed by atoms with Gasteiger partial charge in [-0.25, -0.2) is 0 Å². The third-order valence-electron chi connectivity index (χ3n) is 2.28. The Hall–Kier alpha value is -1.23. The molecule has 0 radical (unpaired) electrons. The van der Waals surface area contributed by atoms with E-state index in [1.165, 1.54) is 0 Å². The number of anilines is 1. The zero-order valence-corrected chi connectivity index (χ0v) is 11.1. The Kier molecular flexibility index (Phi) is 5.83. The van der Waals surface area contributed by atoms with Crippen molar-refractivity contribution in [2.45, 2.75) is 25.1 Å². The molecule has 1 aromatic rings. The Labute approximate surface area is 107 Å². The summed E-state index contributed by atoms with van der Waals surface area (Å²) in [5.41, 5.74) is 0. The third-order valence-corrected chi connectivity index (χ3v) is 2.81. The maximum atomic E-state index is 6.02. The summed E-state index contributed by atoms with van der Waals surface area (Å²) >= 11 is 6.02. The molecule has 96 valence electrons. The van der Waals surface area contributed by atoms with Crippen molar-refractivity contribution in [3.8, 4) is 11.8 Å². The Morgan fingerprint density at radius 3 is 2.35 bits per heavy atom. The highest BCUT2D eigenvalue weighted by Gasteiger charge is 2.06. The lowest BCUT2D eigenvalue weighted by atomic mass is 10.2. The van der Waals surface area contributed by atoms with Gasteiger partial charge in [0, 0.05) is 11.9 Å². The fourth-order valence-electron chi connectivity index (χ4n) is 1.24.